The van der Waals surface area contributed by atoms with E-state index in [9.17, 15) is 8.78 Å². The van der Waals surface area contributed by atoms with Crippen LogP contribution in [0.1, 0.15) is 23.6 Å². The first-order valence-electron chi connectivity index (χ1n) is 8.79. The number of allylic oxidation sites excluding steroid dienone is 3. The first-order chi connectivity index (χ1) is 13.6. The van der Waals surface area contributed by atoms with Crippen molar-refractivity contribution in [3.8, 4) is 6.07 Å². The van der Waals surface area contributed by atoms with Crippen LogP contribution >= 0.6 is 0 Å². The predicted molar refractivity (Wildman–Crippen MR) is 101 cm³/mol. The van der Waals surface area contributed by atoms with Gasteiger partial charge < -0.3 is 15.0 Å². The largest absolute Gasteiger partial charge is 0.489 e. The van der Waals surface area contributed by atoms with Gasteiger partial charge in [0, 0.05) is 17.5 Å². The molecule has 2 aromatic carbocycles. The van der Waals surface area contributed by atoms with Gasteiger partial charge in [-0.05, 0) is 43.3 Å². The number of hydrogen-bond donors (Lipinski definition) is 1. The number of fused-ring (bicyclic) bond motifs is 1. The lowest BCUT2D eigenvalue weighted by molar-refractivity contribution is 0.145. The number of nitriles is 1. The molecule has 0 bridgehead atoms. The molecular weight excluding hydrogens is 360 g/mol. The van der Waals surface area contributed by atoms with Crippen LogP contribution in [0.15, 0.2) is 72.3 Å². The van der Waals surface area contributed by atoms with E-state index in [0.717, 1.165) is 17.0 Å². The smallest absolute Gasteiger partial charge is 0.162 e. The summed E-state index contributed by atoms with van der Waals surface area (Å²) < 4.78 is 33.5. The number of rotatable bonds is 4. The SMILES string of the molecule is CC1=C(c2ccc(C#N)cc2)N2C=CC=C(OCc3c(F)cccc3F)C2N1. The van der Waals surface area contributed by atoms with Crippen LogP contribution in [0.3, 0.4) is 0 Å². The Morgan fingerprint density at radius 1 is 1.14 bits per heavy atom. The monoisotopic (exact) mass is 377 g/mol. The molecule has 0 saturated heterocycles. The zero-order chi connectivity index (χ0) is 19.7. The van der Waals surface area contributed by atoms with Crippen molar-refractivity contribution in [3.63, 3.8) is 0 Å². The highest BCUT2D eigenvalue weighted by Gasteiger charge is 2.34. The Morgan fingerprint density at radius 2 is 1.86 bits per heavy atom. The van der Waals surface area contributed by atoms with Gasteiger partial charge in [0.15, 0.2) is 6.17 Å². The van der Waals surface area contributed by atoms with Gasteiger partial charge in [-0.1, -0.05) is 18.2 Å². The lowest BCUT2D eigenvalue weighted by atomic mass is 10.1. The van der Waals surface area contributed by atoms with Crippen LogP contribution in [0.2, 0.25) is 0 Å². The molecule has 1 N–H and O–H groups in total. The molecule has 1 atom stereocenters. The van der Waals surface area contributed by atoms with Crippen LogP contribution in [0.25, 0.3) is 5.70 Å². The predicted octanol–water partition coefficient (Wildman–Crippen LogP) is 4.38. The highest BCUT2D eigenvalue weighted by Crippen LogP contribution is 2.35. The molecule has 0 aliphatic carbocycles. The summed E-state index contributed by atoms with van der Waals surface area (Å²) in [6.07, 6.45) is 5.22. The second-order valence-corrected chi connectivity index (χ2v) is 6.52. The third-order valence-corrected chi connectivity index (χ3v) is 4.75. The Hall–Kier alpha value is -3.59. The van der Waals surface area contributed by atoms with Crippen molar-refractivity contribution in [3.05, 3.63) is 101 Å². The van der Waals surface area contributed by atoms with Crippen molar-refractivity contribution in [2.45, 2.75) is 19.7 Å². The molecule has 1 unspecified atom stereocenters. The Bertz CT molecular complexity index is 1030. The zero-order valence-corrected chi connectivity index (χ0v) is 15.1. The Balaban J connectivity index is 1.54. The normalized spacial score (nSPS) is 17.7. The summed E-state index contributed by atoms with van der Waals surface area (Å²) >= 11 is 0. The van der Waals surface area contributed by atoms with Crippen molar-refractivity contribution in [2.24, 2.45) is 0 Å². The third-order valence-electron chi connectivity index (χ3n) is 4.75. The van der Waals surface area contributed by atoms with Crippen LogP contribution < -0.4 is 5.32 Å². The number of hydrogen-bond acceptors (Lipinski definition) is 4. The molecule has 4 rings (SSSR count). The van der Waals surface area contributed by atoms with Crippen LogP contribution in [0.4, 0.5) is 8.78 Å². The minimum atomic E-state index is -0.629. The van der Waals surface area contributed by atoms with E-state index >= 15 is 0 Å². The highest BCUT2D eigenvalue weighted by molar-refractivity contribution is 5.71. The number of benzene rings is 2. The second-order valence-electron chi connectivity index (χ2n) is 6.52. The first-order valence-corrected chi connectivity index (χ1v) is 8.79. The van der Waals surface area contributed by atoms with Crippen LogP contribution in [-0.4, -0.2) is 11.1 Å². The van der Waals surface area contributed by atoms with Crippen LogP contribution in [0.5, 0.6) is 0 Å². The fourth-order valence-electron chi connectivity index (χ4n) is 3.38. The van der Waals surface area contributed by atoms with Crippen molar-refractivity contribution in [1.29, 1.82) is 5.26 Å². The van der Waals surface area contributed by atoms with E-state index in [1.54, 1.807) is 18.2 Å². The van der Waals surface area contributed by atoms with Crippen LogP contribution in [-0.2, 0) is 11.3 Å². The molecule has 2 aliphatic heterocycles. The maximum atomic E-state index is 13.9. The number of nitrogens with zero attached hydrogens (tertiary/aromatic N) is 2. The third kappa shape index (κ3) is 3.12. The van der Waals surface area contributed by atoms with E-state index < -0.39 is 11.6 Å². The quantitative estimate of drug-likeness (QED) is 0.859. The highest BCUT2D eigenvalue weighted by atomic mass is 19.1. The summed E-state index contributed by atoms with van der Waals surface area (Å²) in [7, 11) is 0. The van der Waals surface area contributed by atoms with E-state index in [1.165, 1.54) is 18.2 Å². The molecule has 28 heavy (non-hydrogen) atoms. The molecule has 0 aromatic heterocycles. The average Bonchev–Trinajstić information content (AvgIpc) is 3.04. The van der Waals surface area contributed by atoms with Crippen LogP contribution in [0, 0.1) is 23.0 Å². The standard InChI is InChI=1S/C22H17F2N3O/c1-14-21(16-9-7-15(12-25)8-10-16)27-11-3-6-20(22(27)26-14)28-13-17-18(23)4-2-5-19(17)24/h2-11,22,26H,13H2,1H3. The molecular formula is C22H17F2N3O. The average molecular weight is 377 g/mol. The van der Waals surface area contributed by atoms with Gasteiger partial charge >= 0.3 is 0 Å². The molecule has 2 aliphatic rings. The van der Waals surface area contributed by atoms with E-state index in [1.807, 2.05) is 36.2 Å². The lowest BCUT2D eigenvalue weighted by Crippen LogP contribution is -2.37. The summed E-state index contributed by atoms with van der Waals surface area (Å²) in [6.45, 7) is 1.75. The summed E-state index contributed by atoms with van der Waals surface area (Å²) in [6, 6.07) is 13.2. The zero-order valence-electron chi connectivity index (χ0n) is 15.1. The van der Waals surface area contributed by atoms with E-state index in [0.29, 0.717) is 11.3 Å². The molecule has 0 saturated carbocycles. The number of nitrogens with one attached hydrogen (secondary N) is 1. The van der Waals surface area contributed by atoms with Gasteiger partial charge in [-0.15, -0.1) is 0 Å². The fraction of sp³-hybridized carbons (Fsp3) is 0.136. The van der Waals surface area contributed by atoms with E-state index in [2.05, 4.69) is 11.4 Å². The Morgan fingerprint density at radius 3 is 2.54 bits per heavy atom. The van der Waals surface area contributed by atoms with Gasteiger partial charge in [0.2, 0.25) is 0 Å². The van der Waals surface area contributed by atoms with Gasteiger partial charge in [0.05, 0.1) is 22.9 Å². The van der Waals surface area contributed by atoms with Gasteiger partial charge in [-0.25, -0.2) is 8.78 Å². The molecule has 0 spiro atoms. The summed E-state index contributed by atoms with van der Waals surface area (Å²) in [5, 5.41) is 12.3. The fourth-order valence-corrected chi connectivity index (χ4v) is 3.38. The molecule has 0 radical (unpaired) electrons. The Labute approximate surface area is 161 Å². The minimum Gasteiger partial charge on any atom is -0.489 e. The van der Waals surface area contributed by atoms with Crippen molar-refractivity contribution < 1.29 is 13.5 Å². The number of halogens is 2. The minimum absolute atomic E-state index is 0.0977. The van der Waals surface area contributed by atoms with Gasteiger partial charge in [0.1, 0.15) is 24.0 Å². The molecule has 140 valence electrons. The molecule has 2 heterocycles. The molecule has 4 nitrogen and oxygen atoms in total. The van der Waals surface area contributed by atoms with Gasteiger partial charge in [-0.3, -0.25) is 0 Å². The topological polar surface area (TPSA) is 48.3 Å². The molecule has 6 heteroatoms. The summed E-state index contributed by atoms with van der Waals surface area (Å²) in [4.78, 5) is 2.00. The van der Waals surface area contributed by atoms with Crippen molar-refractivity contribution >= 4 is 5.70 Å². The lowest BCUT2D eigenvalue weighted by Gasteiger charge is -2.30. The molecule has 2 aromatic rings. The van der Waals surface area contributed by atoms with Gasteiger partial charge in [0.25, 0.3) is 0 Å². The van der Waals surface area contributed by atoms with Crippen molar-refractivity contribution in [2.75, 3.05) is 0 Å². The van der Waals surface area contributed by atoms with E-state index in [-0.39, 0.29) is 18.3 Å². The maximum absolute atomic E-state index is 13.9. The number of ether oxygens (including phenoxy) is 1. The van der Waals surface area contributed by atoms with Crippen molar-refractivity contribution in [1.82, 2.24) is 10.2 Å². The summed E-state index contributed by atoms with van der Waals surface area (Å²) in [5.41, 5.74) is 3.34. The molecule has 0 amide bonds. The molecule has 0 fully saturated rings. The first kappa shape index (κ1) is 17.8. The van der Waals surface area contributed by atoms with Gasteiger partial charge in [-0.2, -0.15) is 5.26 Å². The maximum Gasteiger partial charge on any atom is 0.162 e. The summed E-state index contributed by atoms with van der Waals surface area (Å²) in [5.74, 6) is -0.695. The second kappa shape index (κ2) is 7.20. The Kier molecular flexibility index (Phi) is 4.58. The van der Waals surface area contributed by atoms with E-state index in [4.69, 9.17) is 10.00 Å².